The average Bonchev–Trinajstić information content (AvgIpc) is 3.40. The highest BCUT2D eigenvalue weighted by Gasteiger charge is 2.21. The van der Waals surface area contributed by atoms with E-state index in [2.05, 4.69) is 51.5 Å². The van der Waals surface area contributed by atoms with Crippen molar-refractivity contribution < 1.29 is 4.79 Å². The molecule has 1 N–H and O–H groups in total. The number of H-pyrrole nitrogens is 1. The van der Waals surface area contributed by atoms with Crippen molar-refractivity contribution in [1.29, 1.82) is 0 Å². The number of carbonyl (C=O) groups is 1. The molecule has 0 saturated carbocycles. The van der Waals surface area contributed by atoms with Crippen LogP contribution in [-0.2, 0) is 4.79 Å². The van der Waals surface area contributed by atoms with E-state index in [1.807, 2.05) is 55.3 Å². The maximum absolute atomic E-state index is 12.8. The smallest absolute Gasteiger partial charge is 0.233 e. The first-order chi connectivity index (χ1) is 15.5. The third-order valence-corrected chi connectivity index (χ3v) is 6.25. The minimum atomic E-state index is 0.0634. The van der Waals surface area contributed by atoms with Gasteiger partial charge in [-0.25, -0.2) is 0 Å². The third kappa shape index (κ3) is 4.34. The second-order valence-electron chi connectivity index (χ2n) is 7.83. The monoisotopic (exact) mass is 445 g/mol. The van der Waals surface area contributed by atoms with E-state index in [-0.39, 0.29) is 5.91 Å². The number of hydrogen-bond donors (Lipinski definition) is 1. The van der Waals surface area contributed by atoms with Gasteiger partial charge in [-0.3, -0.25) is 9.36 Å². The number of benzene rings is 2. The van der Waals surface area contributed by atoms with Gasteiger partial charge in [0.05, 0.1) is 11.4 Å². The van der Waals surface area contributed by atoms with Crippen LogP contribution >= 0.6 is 11.8 Å². The predicted molar refractivity (Wildman–Crippen MR) is 131 cm³/mol. The van der Waals surface area contributed by atoms with Crippen molar-refractivity contribution in [2.45, 2.75) is 25.9 Å². The second kappa shape index (κ2) is 9.44. The quantitative estimate of drug-likeness (QED) is 0.297. The van der Waals surface area contributed by atoms with Gasteiger partial charge in [0.15, 0.2) is 11.0 Å². The molecule has 2 aromatic carbocycles. The van der Waals surface area contributed by atoms with E-state index in [9.17, 15) is 4.79 Å². The van der Waals surface area contributed by atoms with Gasteiger partial charge in [-0.1, -0.05) is 60.3 Å². The molecule has 0 aliphatic carbocycles. The molecule has 32 heavy (non-hydrogen) atoms. The molecule has 0 spiro atoms. The fourth-order valence-electron chi connectivity index (χ4n) is 3.75. The van der Waals surface area contributed by atoms with Gasteiger partial charge < -0.3 is 9.88 Å². The summed E-state index contributed by atoms with van der Waals surface area (Å²) in [6.07, 6.45) is 1.97. The van der Waals surface area contributed by atoms with Crippen LogP contribution in [0.25, 0.3) is 28.0 Å². The zero-order valence-corrected chi connectivity index (χ0v) is 19.4. The van der Waals surface area contributed by atoms with Crippen LogP contribution in [0.1, 0.15) is 19.4 Å². The van der Waals surface area contributed by atoms with Crippen LogP contribution in [0, 0.1) is 6.92 Å². The topological polar surface area (TPSA) is 66.8 Å². The number of para-hydroxylation sites is 2. The highest BCUT2D eigenvalue weighted by atomic mass is 32.2. The number of aryl methyl sites for hydroxylation is 1. The first-order valence-corrected chi connectivity index (χ1v) is 11.6. The van der Waals surface area contributed by atoms with Gasteiger partial charge in [-0.15, -0.1) is 10.2 Å². The molecule has 0 aliphatic rings. The van der Waals surface area contributed by atoms with Crippen LogP contribution in [-0.4, -0.2) is 49.4 Å². The van der Waals surface area contributed by atoms with Crippen molar-refractivity contribution in [2.24, 2.45) is 0 Å². The van der Waals surface area contributed by atoms with Crippen LogP contribution in [0.5, 0.6) is 0 Å². The van der Waals surface area contributed by atoms with E-state index >= 15 is 0 Å². The summed E-state index contributed by atoms with van der Waals surface area (Å²) in [4.78, 5) is 17.9. The molecule has 0 aliphatic heterocycles. The van der Waals surface area contributed by atoms with Crippen LogP contribution in [0.3, 0.4) is 0 Å². The molecule has 0 unspecified atom stereocenters. The number of aromatic amines is 1. The number of hydrogen-bond acceptors (Lipinski definition) is 4. The van der Waals surface area contributed by atoms with Crippen molar-refractivity contribution >= 4 is 28.6 Å². The largest absolute Gasteiger partial charge is 0.360 e. The zero-order valence-electron chi connectivity index (χ0n) is 18.6. The van der Waals surface area contributed by atoms with Crippen molar-refractivity contribution in [3.63, 3.8) is 0 Å². The molecule has 6 nitrogen and oxygen atoms in total. The normalized spacial score (nSPS) is 11.1. The minimum absolute atomic E-state index is 0.0634. The van der Waals surface area contributed by atoms with E-state index in [0.29, 0.717) is 24.0 Å². The Labute approximate surface area is 192 Å². The first-order valence-electron chi connectivity index (χ1n) is 10.6. The summed E-state index contributed by atoms with van der Waals surface area (Å²) >= 11 is 1.41. The number of aromatic nitrogens is 4. The SMILES string of the molecule is C=C(C)CN(CC)C(=O)CSc1nnc(-c2c[nH]c3ccccc23)n1-c1ccccc1C. The fraction of sp³-hybridized carbons (Fsp3) is 0.240. The Bertz CT molecular complexity index is 1270. The Hall–Kier alpha value is -3.32. The Balaban J connectivity index is 1.73. The number of amides is 1. The number of carbonyl (C=O) groups excluding carboxylic acids is 1. The Morgan fingerprint density at radius 1 is 1.16 bits per heavy atom. The van der Waals surface area contributed by atoms with Gasteiger partial charge in [-0.2, -0.15) is 0 Å². The van der Waals surface area contributed by atoms with Crippen molar-refractivity contribution in [2.75, 3.05) is 18.8 Å². The maximum Gasteiger partial charge on any atom is 0.233 e. The summed E-state index contributed by atoms with van der Waals surface area (Å²) < 4.78 is 2.05. The molecule has 4 rings (SSSR count). The second-order valence-corrected chi connectivity index (χ2v) is 8.77. The third-order valence-electron chi connectivity index (χ3n) is 5.34. The van der Waals surface area contributed by atoms with Gasteiger partial charge in [0.1, 0.15) is 0 Å². The molecule has 164 valence electrons. The van der Waals surface area contributed by atoms with Crippen LogP contribution in [0.15, 0.2) is 72.0 Å². The minimum Gasteiger partial charge on any atom is -0.360 e. The Morgan fingerprint density at radius 2 is 1.91 bits per heavy atom. The van der Waals surface area contributed by atoms with Crippen LogP contribution in [0.2, 0.25) is 0 Å². The summed E-state index contributed by atoms with van der Waals surface area (Å²) in [5.74, 6) is 1.11. The van der Waals surface area contributed by atoms with Gasteiger partial charge in [-0.05, 0) is 38.5 Å². The van der Waals surface area contributed by atoms with E-state index in [0.717, 1.165) is 39.1 Å². The van der Waals surface area contributed by atoms with E-state index < -0.39 is 0 Å². The molecule has 1 amide bonds. The molecule has 4 aromatic rings. The van der Waals surface area contributed by atoms with Crippen molar-refractivity contribution in [1.82, 2.24) is 24.6 Å². The van der Waals surface area contributed by atoms with Crippen LogP contribution in [0.4, 0.5) is 0 Å². The number of thioether (sulfide) groups is 1. The standard InChI is InChI=1S/C25H27N5OS/c1-5-29(15-17(2)3)23(31)16-32-25-28-27-24(30(25)22-13-9-6-10-18(22)4)20-14-26-21-12-8-7-11-19(20)21/h6-14,26H,2,5,15-16H2,1,3-4H3. The zero-order chi connectivity index (χ0) is 22.7. The molecule has 0 fully saturated rings. The van der Waals surface area contributed by atoms with Gasteiger partial charge in [0, 0.05) is 35.8 Å². The molecule has 0 bridgehead atoms. The predicted octanol–water partition coefficient (Wildman–Crippen LogP) is 5.24. The summed E-state index contributed by atoms with van der Waals surface area (Å²) in [6, 6.07) is 16.3. The van der Waals surface area contributed by atoms with E-state index in [1.165, 1.54) is 11.8 Å². The molecular weight excluding hydrogens is 418 g/mol. The van der Waals surface area contributed by atoms with Gasteiger partial charge >= 0.3 is 0 Å². The first kappa shape index (κ1) is 21.9. The summed E-state index contributed by atoms with van der Waals surface area (Å²) in [5, 5.41) is 10.8. The van der Waals surface area contributed by atoms with Crippen molar-refractivity contribution in [3.05, 3.63) is 72.4 Å². The summed E-state index contributed by atoms with van der Waals surface area (Å²) in [7, 11) is 0. The summed E-state index contributed by atoms with van der Waals surface area (Å²) in [5.41, 5.74) is 5.10. The fourth-order valence-corrected chi connectivity index (χ4v) is 4.59. The molecule has 0 radical (unpaired) electrons. The number of nitrogens with zero attached hydrogens (tertiary/aromatic N) is 4. The lowest BCUT2D eigenvalue weighted by Crippen LogP contribution is -2.33. The Morgan fingerprint density at radius 3 is 2.66 bits per heavy atom. The number of likely N-dealkylation sites (N-methyl/N-ethyl adjacent to an activating group) is 1. The number of rotatable bonds is 8. The van der Waals surface area contributed by atoms with Gasteiger partial charge in [0.25, 0.3) is 0 Å². The highest BCUT2D eigenvalue weighted by molar-refractivity contribution is 7.99. The van der Waals surface area contributed by atoms with E-state index in [1.54, 1.807) is 0 Å². The van der Waals surface area contributed by atoms with E-state index in [4.69, 9.17) is 0 Å². The highest BCUT2D eigenvalue weighted by Crippen LogP contribution is 2.33. The number of nitrogens with one attached hydrogen (secondary N) is 1. The van der Waals surface area contributed by atoms with Gasteiger partial charge in [0.2, 0.25) is 5.91 Å². The molecule has 0 saturated heterocycles. The average molecular weight is 446 g/mol. The van der Waals surface area contributed by atoms with Crippen molar-refractivity contribution in [3.8, 4) is 17.1 Å². The molecular formula is C25H27N5OS. The maximum atomic E-state index is 12.8. The molecule has 2 heterocycles. The lowest BCUT2D eigenvalue weighted by atomic mass is 10.1. The Kier molecular flexibility index (Phi) is 6.46. The lowest BCUT2D eigenvalue weighted by Gasteiger charge is -2.20. The lowest BCUT2D eigenvalue weighted by molar-refractivity contribution is -0.127. The molecule has 0 atom stereocenters. The van der Waals surface area contributed by atoms with Crippen LogP contribution < -0.4 is 0 Å². The molecule has 7 heteroatoms. The number of fused-ring (bicyclic) bond motifs is 1. The summed E-state index contributed by atoms with van der Waals surface area (Å²) in [6.45, 7) is 11.1. The molecule has 2 aromatic heterocycles.